The SMILES string of the molecule is C#CCOc1ccc(CCNC(=NC)N2CCC(C)(C)C2)cc1. The van der Waals surface area contributed by atoms with Crippen molar-refractivity contribution in [2.24, 2.45) is 10.4 Å². The van der Waals surface area contributed by atoms with E-state index in [-0.39, 0.29) is 0 Å². The Hall–Kier alpha value is -2.15. The predicted octanol–water partition coefficient (Wildman–Crippen LogP) is 2.55. The van der Waals surface area contributed by atoms with Crippen molar-refractivity contribution in [2.45, 2.75) is 26.7 Å². The van der Waals surface area contributed by atoms with E-state index >= 15 is 0 Å². The maximum atomic E-state index is 5.38. The molecule has 4 heteroatoms. The second-order valence-corrected chi connectivity index (χ2v) is 6.70. The summed E-state index contributed by atoms with van der Waals surface area (Å²) in [5.41, 5.74) is 1.65. The molecule has 0 saturated carbocycles. The Morgan fingerprint density at radius 1 is 1.39 bits per heavy atom. The van der Waals surface area contributed by atoms with E-state index in [1.54, 1.807) is 0 Å². The molecule has 1 aromatic rings. The number of hydrogen-bond donors (Lipinski definition) is 1. The molecule has 1 saturated heterocycles. The van der Waals surface area contributed by atoms with Gasteiger partial charge in [0, 0.05) is 26.7 Å². The molecule has 0 atom stereocenters. The van der Waals surface area contributed by atoms with Gasteiger partial charge in [-0.2, -0.15) is 0 Å². The number of hydrogen-bond acceptors (Lipinski definition) is 2. The van der Waals surface area contributed by atoms with E-state index in [0.717, 1.165) is 37.8 Å². The third-order valence-corrected chi connectivity index (χ3v) is 4.13. The van der Waals surface area contributed by atoms with Crippen molar-refractivity contribution in [1.29, 1.82) is 0 Å². The summed E-state index contributed by atoms with van der Waals surface area (Å²) in [6, 6.07) is 8.08. The molecule has 23 heavy (non-hydrogen) atoms. The van der Waals surface area contributed by atoms with Gasteiger partial charge in [0.15, 0.2) is 5.96 Å². The number of nitrogens with one attached hydrogen (secondary N) is 1. The maximum Gasteiger partial charge on any atom is 0.193 e. The smallest absolute Gasteiger partial charge is 0.193 e. The molecule has 0 amide bonds. The Morgan fingerprint density at radius 3 is 2.70 bits per heavy atom. The number of rotatable bonds is 5. The summed E-state index contributed by atoms with van der Waals surface area (Å²) in [6.45, 7) is 7.94. The van der Waals surface area contributed by atoms with Crippen LogP contribution in [0, 0.1) is 17.8 Å². The minimum absolute atomic E-state index is 0.309. The average Bonchev–Trinajstić information content (AvgIpc) is 2.90. The van der Waals surface area contributed by atoms with Crippen molar-refractivity contribution in [3.8, 4) is 18.1 Å². The molecule has 0 unspecified atom stereocenters. The molecule has 1 heterocycles. The number of terminal acetylenes is 1. The molecule has 2 rings (SSSR count). The topological polar surface area (TPSA) is 36.9 Å². The fourth-order valence-electron chi connectivity index (χ4n) is 2.82. The summed E-state index contributed by atoms with van der Waals surface area (Å²) in [6.07, 6.45) is 7.35. The minimum atomic E-state index is 0.309. The van der Waals surface area contributed by atoms with Gasteiger partial charge < -0.3 is 15.0 Å². The third-order valence-electron chi connectivity index (χ3n) is 4.13. The normalized spacial score (nSPS) is 17.0. The Morgan fingerprint density at radius 2 is 2.13 bits per heavy atom. The standard InChI is InChI=1S/C19H27N3O/c1-5-14-23-17-8-6-16(7-9-17)10-12-21-18(20-4)22-13-11-19(2,3)15-22/h1,6-9H,10-15H2,2-4H3,(H,20,21). The molecule has 1 aliphatic rings. The van der Waals surface area contributed by atoms with Gasteiger partial charge in [0.2, 0.25) is 0 Å². The van der Waals surface area contributed by atoms with Gasteiger partial charge in [-0.05, 0) is 36.0 Å². The first kappa shape index (κ1) is 17.2. The lowest BCUT2D eigenvalue weighted by atomic mass is 9.93. The van der Waals surface area contributed by atoms with E-state index in [1.807, 2.05) is 19.2 Å². The largest absolute Gasteiger partial charge is 0.481 e. The number of ether oxygens (including phenoxy) is 1. The van der Waals surface area contributed by atoms with Crippen LogP contribution in [-0.2, 0) is 6.42 Å². The quantitative estimate of drug-likeness (QED) is 0.516. The highest BCUT2D eigenvalue weighted by atomic mass is 16.5. The summed E-state index contributed by atoms with van der Waals surface area (Å²) >= 11 is 0. The van der Waals surface area contributed by atoms with Gasteiger partial charge in [0.1, 0.15) is 12.4 Å². The number of benzene rings is 1. The van der Waals surface area contributed by atoms with Crippen LogP contribution in [-0.4, -0.2) is 44.1 Å². The molecule has 1 aliphatic heterocycles. The molecule has 1 fully saturated rings. The summed E-state index contributed by atoms with van der Waals surface area (Å²) in [5.74, 6) is 4.29. The van der Waals surface area contributed by atoms with Gasteiger partial charge in [-0.1, -0.05) is 31.9 Å². The zero-order valence-corrected chi connectivity index (χ0v) is 14.4. The molecule has 1 N–H and O–H groups in total. The first-order chi connectivity index (χ1) is 11.0. The van der Waals surface area contributed by atoms with Crippen molar-refractivity contribution < 1.29 is 4.74 Å². The number of likely N-dealkylation sites (tertiary alicyclic amines) is 1. The second-order valence-electron chi connectivity index (χ2n) is 6.70. The van der Waals surface area contributed by atoms with Crippen LogP contribution in [0.5, 0.6) is 5.75 Å². The van der Waals surface area contributed by atoms with Gasteiger partial charge in [0.05, 0.1) is 0 Å². The van der Waals surface area contributed by atoms with Gasteiger partial charge in [-0.15, -0.1) is 6.42 Å². The van der Waals surface area contributed by atoms with Crippen molar-refractivity contribution in [1.82, 2.24) is 10.2 Å². The van der Waals surface area contributed by atoms with E-state index in [0.29, 0.717) is 12.0 Å². The van der Waals surface area contributed by atoms with Gasteiger partial charge >= 0.3 is 0 Å². The lowest BCUT2D eigenvalue weighted by Crippen LogP contribution is -2.41. The van der Waals surface area contributed by atoms with Crippen LogP contribution < -0.4 is 10.1 Å². The van der Waals surface area contributed by atoms with Crippen molar-refractivity contribution in [2.75, 3.05) is 33.3 Å². The first-order valence-corrected chi connectivity index (χ1v) is 8.15. The highest BCUT2D eigenvalue weighted by Gasteiger charge is 2.30. The molecule has 0 spiro atoms. The number of nitrogens with zero attached hydrogens (tertiary/aromatic N) is 2. The summed E-state index contributed by atoms with van der Waals surface area (Å²) < 4.78 is 5.38. The zero-order chi connectivity index (χ0) is 16.7. The van der Waals surface area contributed by atoms with Crippen molar-refractivity contribution >= 4 is 5.96 Å². The highest BCUT2D eigenvalue weighted by Crippen LogP contribution is 2.28. The minimum Gasteiger partial charge on any atom is -0.481 e. The Balaban J connectivity index is 1.78. The van der Waals surface area contributed by atoms with E-state index < -0.39 is 0 Å². The number of aliphatic imine (C=N–C) groups is 1. The van der Waals surface area contributed by atoms with Crippen LogP contribution in [0.3, 0.4) is 0 Å². The monoisotopic (exact) mass is 313 g/mol. The number of guanidine groups is 1. The molecule has 0 aliphatic carbocycles. The van der Waals surface area contributed by atoms with Gasteiger partial charge in [-0.25, -0.2) is 0 Å². The Bertz CT molecular complexity index is 569. The van der Waals surface area contributed by atoms with Crippen LogP contribution in [0.2, 0.25) is 0 Å². The zero-order valence-electron chi connectivity index (χ0n) is 14.4. The predicted molar refractivity (Wildman–Crippen MR) is 95.8 cm³/mol. The van der Waals surface area contributed by atoms with Crippen LogP contribution in [0.4, 0.5) is 0 Å². The molecule has 124 valence electrons. The highest BCUT2D eigenvalue weighted by molar-refractivity contribution is 5.80. The fourth-order valence-corrected chi connectivity index (χ4v) is 2.82. The van der Waals surface area contributed by atoms with Gasteiger partial charge in [0.25, 0.3) is 0 Å². The second kappa shape index (κ2) is 7.92. The summed E-state index contributed by atoms with van der Waals surface area (Å²) in [4.78, 5) is 6.75. The third kappa shape index (κ3) is 5.21. The lowest BCUT2D eigenvalue weighted by molar-refractivity contribution is 0.370. The van der Waals surface area contributed by atoms with E-state index in [1.165, 1.54) is 12.0 Å². The lowest BCUT2D eigenvalue weighted by Gasteiger charge is -2.23. The maximum absolute atomic E-state index is 5.38. The van der Waals surface area contributed by atoms with Crippen molar-refractivity contribution in [3.63, 3.8) is 0 Å². The molecule has 1 aromatic carbocycles. The molecule has 4 nitrogen and oxygen atoms in total. The van der Waals surface area contributed by atoms with Crippen LogP contribution in [0.1, 0.15) is 25.8 Å². The summed E-state index contributed by atoms with van der Waals surface area (Å²) in [7, 11) is 1.85. The Labute approximate surface area is 139 Å². The molecular weight excluding hydrogens is 286 g/mol. The van der Waals surface area contributed by atoms with Crippen molar-refractivity contribution in [3.05, 3.63) is 29.8 Å². The first-order valence-electron chi connectivity index (χ1n) is 8.15. The summed E-state index contributed by atoms with van der Waals surface area (Å²) in [5, 5.41) is 3.46. The molecular formula is C19H27N3O. The van der Waals surface area contributed by atoms with Gasteiger partial charge in [-0.3, -0.25) is 4.99 Å². The van der Waals surface area contributed by atoms with Crippen LogP contribution in [0.25, 0.3) is 0 Å². The Kier molecular flexibility index (Phi) is 5.92. The molecule has 0 radical (unpaired) electrons. The fraction of sp³-hybridized carbons (Fsp3) is 0.526. The van der Waals surface area contributed by atoms with Crippen LogP contribution in [0.15, 0.2) is 29.3 Å². The molecule has 0 aromatic heterocycles. The molecule has 0 bridgehead atoms. The van der Waals surface area contributed by atoms with E-state index in [4.69, 9.17) is 11.2 Å². The van der Waals surface area contributed by atoms with Crippen LogP contribution >= 0.6 is 0 Å². The van der Waals surface area contributed by atoms with E-state index in [9.17, 15) is 0 Å². The average molecular weight is 313 g/mol. The van der Waals surface area contributed by atoms with E-state index in [2.05, 4.69) is 47.1 Å².